The highest BCUT2D eigenvalue weighted by Gasteiger charge is 2.06. The molecule has 0 saturated heterocycles. The summed E-state index contributed by atoms with van der Waals surface area (Å²) in [5, 5.41) is 3.31. The molecule has 0 aliphatic heterocycles. The summed E-state index contributed by atoms with van der Waals surface area (Å²) in [7, 11) is 0. The number of terminal acetylenes is 1. The molecule has 0 spiro atoms. The second-order valence-electron chi connectivity index (χ2n) is 3.91. The van der Waals surface area contributed by atoms with Crippen molar-refractivity contribution in [2.75, 3.05) is 24.5 Å². The van der Waals surface area contributed by atoms with Gasteiger partial charge in [0.1, 0.15) is 5.82 Å². The minimum atomic E-state index is 0.607. The first-order chi connectivity index (χ1) is 8.22. The number of nitrogens with one attached hydrogen (secondary N) is 1. The van der Waals surface area contributed by atoms with Gasteiger partial charge in [-0.3, -0.25) is 0 Å². The van der Waals surface area contributed by atoms with Gasteiger partial charge in [0, 0.05) is 18.8 Å². The maximum atomic E-state index is 5.35. The molecule has 0 amide bonds. The number of rotatable bonds is 6. The number of aromatic nitrogens is 1. The Morgan fingerprint density at radius 3 is 2.71 bits per heavy atom. The van der Waals surface area contributed by atoms with Crippen LogP contribution >= 0.6 is 0 Å². The molecular formula is C14H21N3. The van der Waals surface area contributed by atoms with E-state index in [1.54, 1.807) is 0 Å². The van der Waals surface area contributed by atoms with Crippen LogP contribution in [0.4, 0.5) is 5.82 Å². The Kier molecular flexibility index (Phi) is 5.51. The van der Waals surface area contributed by atoms with Crippen molar-refractivity contribution in [2.24, 2.45) is 0 Å². The van der Waals surface area contributed by atoms with Crippen LogP contribution in [-0.2, 0) is 6.54 Å². The molecule has 1 heterocycles. The first kappa shape index (κ1) is 13.5. The van der Waals surface area contributed by atoms with Crippen LogP contribution in [0.3, 0.4) is 0 Å². The Balaban J connectivity index is 2.83. The molecule has 0 atom stereocenters. The van der Waals surface area contributed by atoms with E-state index < -0.39 is 0 Å². The molecule has 0 saturated carbocycles. The molecule has 1 rings (SSSR count). The normalized spacial score (nSPS) is 10.0. The molecule has 0 aliphatic carbocycles. The first-order valence-electron chi connectivity index (χ1n) is 6.08. The Hall–Kier alpha value is -1.53. The van der Waals surface area contributed by atoms with Gasteiger partial charge in [0.05, 0.1) is 6.54 Å². The minimum Gasteiger partial charge on any atom is -0.346 e. The van der Waals surface area contributed by atoms with E-state index in [-0.39, 0.29) is 0 Å². The Morgan fingerprint density at radius 1 is 1.41 bits per heavy atom. The molecule has 1 N–H and O–H groups in total. The SMILES string of the molecule is C#CCN(CC)c1ccc(CNCC)c(C)n1. The van der Waals surface area contributed by atoms with E-state index in [1.807, 2.05) is 13.0 Å². The van der Waals surface area contributed by atoms with Crippen LogP contribution in [0.1, 0.15) is 25.1 Å². The van der Waals surface area contributed by atoms with Gasteiger partial charge < -0.3 is 10.2 Å². The van der Waals surface area contributed by atoms with Gasteiger partial charge >= 0.3 is 0 Å². The molecule has 3 heteroatoms. The second kappa shape index (κ2) is 6.93. The molecular weight excluding hydrogens is 210 g/mol. The Morgan fingerprint density at radius 2 is 2.18 bits per heavy atom. The summed E-state index contributed by atoms with van der Waals surface area (Å²) < 4.78 is 0. The molecule has 0 unspecified atom stereocenters. The van der Waals surface area contributed by atoms with Crippen LogP contribution in [0, 0.1) is 19.3 Å². The topological polar surface area (TPSA) is 28.2 Å². The predicted octanol–water partition coefficient (Wildman–Crippen LogP) is 1.96. The van der Waals surface area contributed by atoms with Gasteiger partial charge in [-0.15, -0.1) is 6.42 Å². The average molecular weight is 231 g/mol. The molecule has 92 valence electrons. The van der Waals surface area contributed by atoms with Gasteiger partial charge in [-0.05, 0) is 32.0 Å². The third kappa shape index (κ3) is 3.76. The highest BCUT2D eigenvalue weighted by molar-refractivity contribution is 5.42. The van der Waals surface area contributed by atoms with Crippen molar-refractivity contribution in [1.29, 1.82) is 0 Å². The number of pyridine rings is 1. The maximum absolute atomic E-state index is 5.35. The summed E-state index contributed by atoms with van der Waals surface area (Å²) in [5.74, 6) is 3.62. The summed E-state index contributed by atoms with van der Waals surface area (Å²) in [5.41, 5.74) is 2.31. The van der Waals surface area contributed by atoms with Gasteiger partial charge in [-0.1, -0.05) is 18.9 Å². The summed E-state index contributed by atoms with van der Waals surface area (Å²) in [6, 6.07) is 4.17. The quantitative estimate of drug-likeness (QED) is 0.759. The van der Waals surface area contributed by atoms with E-state index in [0.29, 0.717) is 6.54 Å². The van der Waals surface area contributed by atoms with Gasteiger partial charge in [0.25, 0.3) is 0 Å². The highest BCUT2D eigenvalue weighted by Crippen LogP contribution is 2.14. The van der Waals surface area contributed by atoms with Crippen molar-refractivity contribution >= 4 is 5.82 Å². The van der Waals surface area contributed by atoms with Crippen molar-refractivity contribution in [1.82, 2.24) is 10.3 Å². The van der Waals surface area contributed by atoms with E-state index in [2.05, 4.69) is 41.0 Å². The van der Waals surface area contributed by atoms with Crippen molar-refractivity contribution in [3.8, 4) is 12.3 Å². The van der Waals surface area contributed by atoms with Crippen LogP contribution in [0.2, 0.25) is 0 Å². The monoisotopic (exact) mass is 231 g/mol. The molecule has 0 bridgehead atoms. The molecule has 1 aromatic heterocycles. The van der Waals surface area contributed by atoms with Crippen molar-refractivity contribution in [3.63, 3.8) is 0 Å². The largest absolute Gasteiger partial charge is 0.346 e. The molecule has 0 aromatic carbocycles. The van der Waals surface area contributed by atoms with Gasteiger partial charge in [-0.2, -0.15) is 0 Å². The first-order valence-corrected chi connectivity index (χ1v) is 6.08. The highest BCUT2D eigenvalue weighted by atomic mass is 15.2. The van der Waals surface area contributed by atoms with E-state index >= 15 is 0 Å². The maximum Gasteiger partial charge on any atom is 0.129 e. The third-order valence-electron chi connectivity index (χ3n) is 2.73. The lowest BCUT2D eigenvalue weighted by Crippen LogP contribution is -2.24. The lowest BCUT2D eigenvalue weighted by Gasteiger charge is -2.20. The minimum absolute atomic E-state index is 0.607. The molecule has 17 heavy (non-hydrogen) atoms. The predicted molar refractivity (Wildman–Crippen MR) is 73.1 cm³/mol. The average Bonchev–Trinajstić information content (AvgIpc) is 2.34. The van der Waals surface area contributed by atoms with Gasteiger partial charge in [0.15, 0.2) is 0 Å². The molecule has 0 radical (unpaired) electrons. The number of hydrogen-bond acceptors (Lipinski definition) is 3. The van der Waals surface area contributed by atoms with Crippen LogP contribution in [0.5, 0.6) is 0 Å². The van der Waals surface area contributed by atoms with Crippen LogP contribution in [-0.4, -0.2) is 24.6 Å². The molecule has 3 nitrogen and oxygen atoms in total. The van der Waals surface area contributed by atoms with Crippen molar-refractivity contribution < 1.29 is 0 Å². The number of anilines is 1. The third-order valence-corrected chi connectivity index (χ3v) is 2.73. The van der Waals surface area contributed by atoms with E-state index in [4.69, 9.17) is 6.42 Å². The van der Waals surface area contributed by atoms with Crippen LogP contribution in [0.15, 0.2) is 12.1 Å². The zero-order valence-electron chi connectivity index (χ0n) is 11.0. The Labute approximate surface area is 104 Å². The van der Waals surface area contributed by atoms with Gasteiger partial charge in [-0.25, -0.2) is 4.98 Å². The standard InChI is InChI=1S/C14H21N3/c1-5-10-17(7-3)14-9-8-13(11-15-6-2)12(4)16-14/h1,8-9,15H,6-7,10-11H2,2-4H3. The lowest BCUT2D eigenvalue weighted by molar-refractivity contribution is 0.719. The van der Waals surface area contributed by atoms with Crippen molar-refractivity contribution in [3.05, 3.63) is 23.4 Å². The number of aryl methyl sites for hydroxylation is 1. The Bertz CT molecular complexity index is 393. The molecule has 0 aliphatic rings. The number of hydrogen-bond donors (Lipinski definition) is 1. The fourth-order valence-corrected chi connectivity index (χ4v) is 1.66. The zero-order valence-corrected chi connectivity index (χ0v) is 11.0. The summed E-state index contributed by atoms with van der Waals surface area (Å²) in [6.07, 6.45) is 5.35. The van der Waals surface area contributed by atoms with Crippen molar-refractivity contribution in [2.45, 2.75) is 27.3 Å². The smallest absolute Gasteiger partial charge is 0.129 e. The summed E-state index contributed by atoms with van der Waals surface area (Å²) >= 11 is 0. The summed E-state index contributed by atoms with van der Waals surface area (Å²) in [6.45, 7) is 9.55. The zero-order chi connectivity index (χ0) is 12.7. The fraction of sp³-hybridized carbons (Fsp3) is 0.500. The fourth-order valence-electron chi connectivity index (χ4n) is 1.66. The molecule has 0 fully saturated rings. The van der Waals surface area contributed by atoms with E-state index in [9.17, 15) is 0 Å². The lowest BCUT2D eigenvalue weighted by atomic mass is 10.2. The van der Waals surface area contributed by atoms with E-state index in [1.165, 1.54) is 5.56 Å². The van der Waals surface area contributed by atoms with Crippen LogP contribution in [0.25, 0.3) is 0 Å². The van der Waals surface area contributed by atoms with E-state index in [0.717, 1.165) is 31.1 Å². The van der Waals surface area contributed by atoms with Crippen LogP contribution < -0.4 is 10.2 Å². The molecule has 1 aromatic rings. The summed E-state index contributed by atoms with van der Waals surface area (Å²) in [4.78, 5) is 6.69. The number of nitrogens with zero attached hydrogens (tertiary/aromatic N) is 2. The van der Waals surface area contributed by atoms with Gasteiger partial charge in [0.2, 0.25) is 0 Å². The second-order valence-corrected chi connectivity index (χ2v) is 3.91.